The largest absolute Gasteiger partial charge is 0.471 e. The second-order valence-corrected chi connectivity index (χ2v) is 9.56. The minimum atomic E-state index is -1.76. The molecule has 15 nitrogen and oxygen atoms in total. The number of hydrogen-bond donors (Lipinski definition) is 8. The number of allylic oxidation sites excluding steroid dienone is 1. The Morgan fingerprint density at radius 3 is 2.16 bits per heavy atom. The zero-order valence-corrected chi connectivity index (χ0v) is 20.4. The molecule has 0 saturated carbocycles. The maximum Gasteiger partial charge on any atom is 0.337 e. The molecule has 3 unspecified atom stereocenters. The number of methoxy groups -OCH3 is 1. The molecule has 4 aliphatic rings. The molecule has 0 bridgehead atoms. The molecule has 3 heterocycles. The first-order chi connectivity index (χ1) is 18.1. The van der Waals surface area contributed by atoms with E-state index in [9.17, 15) is 45.6 Å². The zero-order valence-electron chi connectivity index (χ0n) is 20.4. The van der Waals surface area contributed by atoms with E-state index in [1.54, 1.807) is 6.08 Å². The molecule has 0 radical (unpaired) electrons. The van der Waals surface area contributed by atoms with E-state index in [0.29, 0.717) is 12.0 Å². The van der Waals surface area contributed by atoms with Crippen LogP contribution >= 0.6 is 0 Å². The van der Waals surface area contributed by atoms with Gasteiger partial charge in [0.1, 0.15) is 48.8 Å². The zero-order chi connectivity index (χ0) is 27.7. The van der Waals surface area contributed by atoms with E-state index in [-0.39, 0.29) is 12.2 Å². The SMILES string of the molecule is COC(=O)C1=COC(O[C@@H]2O[C@H](CO[C@@H]3O[C@H](CO)[C@@H](O)[C@@H](O)[C@H]3O)[C@@H](O)[C@@H](O)[C@H]2O)C2C(CO)=CCC12. The summed E-state index contributed by atoms with van der Waals surface area (Å²) in [7, 11) is 1.22. The number of hydrogen-bond acceptors (Lipinski definition) is 15. The predicted octanol–water partition coefficient (Wildman–Crippen LogP) is -4.40. The van der Waals surface area contributed by atoms with Crippen molar-refractivity contribution in [1.29, 1.82) is 0 Å². The maximum atomic E-state index is 12.2. The van der Waals surface area contributed by atoms with Crippen molar-refractivity contribution in [3.8, 4) is 0 Å². The first-order valence-corrected chi connectivity index (χ1v) is 12.1. The standard InChI is InChI=1S/C23H34O15/c1-33-20(32)10-6-34-21(13-8(4-24)2-3-9(10)13)38-23-19(31)17(29)15(27)12(37-23)7-35-22-18(30)16(28)14(26)11(5-25)36-22/h2,6,9,11-19,21-31H,3-5,7H2,1H3/t9?,11-,12-,13?,14-,15-,16-,17-,18-,19-,21?,22-,23+/m1/s1. The Balaban J connectivity index is 1.45. The summed E-state index contributed by atoms with van der Waals surface area (Å²) in [4.78, 5) is 12.2. The summed E-state index contributed by atoms with van der Waals surface area (Å²) in [6.45, 7) is -1.54. The van der Waals surface area contributed by atoms with Crippen molar-refractivity contribution < 1.29 is 74.1 Å². The average Bonchev–Trinajstić information content (AvgIpc) is 3.36. The first kappa shape index (κ1) is 29.3. The van der Waals surface area contributed by atoms with Crippen molar-refractivity contribution in [2.75, 3.05) is 26.9 Å². The monoisotopic (exact) mass is 550 g/mol. The van der Waals surface area contributed by atoms with Gasteiger partial charge in [-0.15, -0.1) is 0 Å². The third-order valence-corrected chi connectivity index (χ3v) is 7.33. The van der Waals surface area contributed by atoms with Gasteiger partial charge in [-0.05, 0) is 12.0 Å². The van der Waals surface area contributed by atoms with Crippen molar-refractivity contribution in [1.82, 2.24) is 0 Å². The Kier molecular flexibility index (Phi) is 9.39. The Labute approximate surface area is 217 Å². The highest BCUT2D eigenvalue weighted by Gasteiger charge is 2.51. The van der Waals surface area contributed by atoms with Crippen LogP contribution < -0.4 is 0 Å². The first-order valence-electron chi connectivity index (χ1n) is 12.1. The van der Waals surface area contributed by atoms with Crippen LogP contribution in [0.1, 0.15) is 6.42 Å². The number of rotatable bonds is 8. The minimum Gasteiger partial charge on any atom is -0.471 e. The molecule has 3 aliphatic heterocycles. The normalized spacial score (nSPS) is 45.0. The summed E-state index contributed by atoms with van der Waals surface area (Å²) in [5.74, 6) is -1.68. The Morgan fingerprint density at radius 2 is 1.53 bits per heavy atom. The fourth-order valence-corrected chi connectivity index (χ4v) is 5.11. The van der Waals surface area contributed by atoms with Crippen LogP contribution in [-0.2, 0) is 33.2 Å². The molecule has 2 saturated heterocycles. The minimum absolute atomic E-state index is 0.239. The third-order valence-electron chi connectivity index (χ3n) is 7.33. The highest BCUT2D eigenvalue weighted by atomic mass is 16.8. The van der Waals surface area contributed by atoms with Gasteiger partial charge in [-0.1, -0.05) is 6.08 Å². The average molecular weight is 551 g/mol. The molecule has 216 valence electrons. The van der Waals surface area contributed by atoms with Crippen molar-refractivity contribution in [2.24, 2.45) is 11.8 Å². The van der Waals surface area contributed by atoms with Crippen LogP contribution in [0.15, 0.2) is 23.5 Å². The van der Waals surface area contributed by atoms with Crippen LogP contribution in [0.25, 0.3) is 0 Å². The quantitative estimate of drug-likeness (QED) is 0.105. The molecule has 0 amide bonds. The van der Waals surface area contributed by atoms with Gasteiger partial charge in [0.2, 0.25) is 6.29 Å². The van der Waals surface area contributed by atoms with Gasteiger partial charge in [0.05, 0.1) is 44.7 Å². The second-order valence-electron chi connectivity index (χ2n) is 9.56. The van der Waals surface area contributed by atoms with Gasteiger partial charge in [0.25, 0.3) is 0 Å². The molecule has 4 rings (SSSR count). The Bertz CT molecular complexity index is 892. The molecule has 38 heavy (non-hydrogen) atoms. The number of fused-ring (bicyclic) bond motifs is 1. The molecule has 13 atom stereocenters. The summed E-state index contributed by atoms with van der Waals surface area (Å²) in [5.41, 5.74) is 0.770. The van der Waals surface area contributed by atoms with Crippen LogP contribution in [0.5, 0.6) is 0 Å². The van der Waals surface area contributed by atoms with Crippen molar-refractivity contribution in [3.63, 3.8) is 0 Å². The Hall–Kier alpha value is -1.73. The van der Waals surface area contributed by atoms with E-state index in [1.807, 2.05) is 0 Å². The summed E-state index contributed by atoms with van der Waals surface area (Å²) < 4.78 is 32.5. The number of carbonyl (C=O) groups excluding carboxylic acids is 1. The summed E-state index contributed by atoms with van der Waals surface area (Å²) in [6, 6.07) is 0. The second kappa shape index (κ2) is 12.2. The lowest BCUT2D eigenvalue weighted by atomic mass is 9.83. The molecule has 0 aromatic carbocycles. The number of esters is 1. The molecule has 0 aromatic rings. The molecular weight excluding hydrogens is 516 g/mol. The molecule has 15 heteroatoms. The fraction of sp³-hybridized carbons (Fsp3) is 0.783. The van der Waals surface area contributed by atoms with E-state index in [4.69, 9.17) is 28.4 Å². The van der Waals surface area contributed by atoms with Crippen LogP contribution in [0.2, 0.25) is 0 Å². The van der Waals surface area contributed by atoms with Crippen LogP contribution in [0, 0.1) is 11.8 Å². The summed E-state index contributed by atoms with van der Waals surface area (Å²) in [5, 5.41) is 80.5. The van der Waals surface area contributed by atoms with Gasteiger partial charge in [0, 0.05) is 5.92 Å². The lowest BCUT2D eigenvalue weighted by Gasteiger charge is -2.44. The van der Waals surface area contributed by atoms with Gasteiger partial charge in [-0.3, -0.25) is 0 Å². The van der Waals surface area contributed by atoms with E-state index < -0.39 is 98.7 Å². The van der Waals surface area contributed by atoms with E-state index in [0.717, 1.165) is 0 Å². The molecule has 2 fully saturated rings. The number of ether oxygens (including phenoxy) is 6. The molecule has 0 aromatic heterocycles. The van der Waals surface area contributed by atoms with Crippen LogP contribution in [0.3, 0.4) is 0 Å². The third kappa shape index (κ3) is 5.47. The van der Waals surface area contributed by atoms with E-state index >= 15 is 0 Å². The summed E-state index contributed by atoms with van der Waals surface area (Å²) in [6.07, 6.45) is -13.6. The van der Waals surface area contributed by atoms with Crippen molar-refractivity contribution >= 4 is 5.97 Å². The number of aliphatic hydroxyl groups excluding tert-OH is 8. The van der Waals surface area contributed by atoms with Gasteiger partial charge in [0.15, 0.2) is 12.6 Å². The predicted molar refractivity (Wildman–Crippen MR) is 119 cm³/mol. The van der Waals surface area contributed by atoms with Gasteiger partial charge < -0.3 is 69.3 Å². The van der Waals surface area contributed by atoms with Gasteiger partial charge in [-0.25, -0.2) is 4.79 Å². The lowest BCUT2D eigenvalue weighted by Crippen LogP contribution is -2.62. The van der Waals surface area contributed by atoms with Crippen LogP contribution in [0.4, 0.5) is 0 Å². The van der Waals surface area contributed by atoms with Gasteiger partial charge in [-0.2, -0.15) is 0 Å². The molecule has 1 aliphatic carbocycles. The molecule has 8 N–H and O–H groups in total. The van der Waals surface area contributed by atoms with Crippen molar-refractivity contribution in [2.45, 2.75) is 74.1 Å². The smallest absolute Gasteiger partial charge is 0.337 e. The number of carbonyl (C=O) groups is 1. The van der Waals surface area contributed by atoms with Crippen LogP contribution in [-0.4, -0.2) is 141 Å². The molecular formula is C23H34O15. The van der Waals surface area contributed by atoms with Gasteiger partial charge >= 0.3 is 5.97 Å². The molecule has 0 spiro atoms. The van der Waals surface area contributed by atoms with E-state index in [2.05, 4.69) is 0 Å². The van der Waals surface area contributed by atoms with E-state index in [1.165, 1.54) is 13.4 Å². The highest BCUT2D eigenvalue weighted by molar-refractivity contribution is 5.89. The summed E-state index contributed by atoms with van der Waals surface area (Å²) >= 11 is 0. The fourth-order valence-electron chi connectivity index (χ4n) is 5.11. The Morgan fingerprint density at radius 1 is 0.895 bits per heavy atom. The van der Waals surface area contributed by atoms with Crippen molar-refractivity contribution in [3.05, 3.63) is 23.5 Å². The maximum absolute atomic E-state index is 12.2. The topological polar surface area (TPSA) is 234 Å². The number of aliphatic hydroxyl groups is 8. The lowest BCUT2D eigenvalue weighted by molar-refractivity contribution is -0.352. The highest BCUT2D eigenvalue weighted by Crippen LogP contribution is 2.44.